The van der Waals surface area contributed by atoms with Crippen molar-refractivity contribution in [2.45, 2.75) is 0 Å². The van der Waals surface area contributed by atoms with Crippen molar-refractivity contribution < 1.29 is 34.7 Å². The first-order valence-corrected chi connectivity index (χ1v) is 13.2. The summed E-state index contributed by atoms with van der Waals surface area (Å²) in [6.07, 6.45) is 0. The van der Waals surface area contributed by atoms with Crippen LogP contribution in [0, 0.1) is 22.2 Å². The maximum atomic E-state index is 8.70. The van der Waals surface area contributed by atoms with Crippen molar-refractivity contribution in [1.29, 1.82) is 0 Å². The second-order valence-electron chi connectivity index (χ2n) is 1.44. The predicted molar refractivity (Wildman–Crippen MR) is 4.12 cm³/mol. The van der Waals surface area contributed by atoms with Crippen molar-refractivity contribution in [3.8, 4) is 0 Å². The minimum atomic E-state index is -9.98. The molecule has 0 saturated carbocycles. The molecule has 0 aromatic rings. The zero-order valence-electron chi connectivity index (χ0n) is 3.03. The van der Waals surface area contributed by atoms with E-state index in [0.717, 1.165) is 0 Å². The SMILES string of the molecule is [O]=[Pa](=[O])(=[O])(=[O])(=[O])=[O]. The van der Waals surface area contributed by atoms with Gasteiger partial charge in [0.25, 0.3) is 0 Å². The zero-order chi connectivity index (χ0) is 6.41. The molecule has 0 saturated heterocycles. The van der Waals surface area contributed by atoms with Gasteiger partial charge in [-0.2, -0.15) is 0 Å². The molecule has 0 spiro atoms. The molecule has 6 nitrogen and oxygen atoms in total. The molecule has 0 amide bonds. The van der Waals surface area contributed by atoms with Gasteiger partial charge < -0.3 is 0 Å². The van der Waals surface area contributed by atoms with E-state index in [0.29, 0.717) is 0 Å². The van der Waals surface area contributed by atoms with Gasteiger partial charge >= 0.3 is 34.7 Å². The molecular formula is O6Pa. The molecule has 39 valence electrons. The van der Waals surface area contributed by atoms with Crippen LogP contribution in [0.3, 0.4) is 0 Å². The van der Waals surface area contributed by atoms with Crippen molar-refractivity contribution in [1.82, 2.24) is 0 Å². The van der Waals surface area contributed by atoms with Gasteiger partial charge in [0.2, 0.25) is 0 Å². The second kappa shape index (κ2) is 0.636. The zero-order valence-corrected chi connectivity index (χ0v) is 7.83. The molecule has 7 heavy (non-hydrogen) atoms. The summed E-state index contributed by atoms with van der Waals surface area (Å²) in [4.78, 5) is 0. The fourth-order valence-corrected chi connectivity index (χ4v) is 0. The van der Waals surface area contributed by atoms with Crippen LogP contribution < -0.4 is 0 Å². The van der Waals surface area contributed by atoms with Crippen LogP contribution >= 0.6 is 0 Å². The molecule has 0 heterocycles. The topological polar surface area (TPSA) is 102 Å². The van der Waals surface area contributed by atoms with E-state index in [2.05, 4.69) is 0 Å². The summed E-state index contributed by atoms with van der Waals surface area (Å²) < 4.78 is 52.2. The van der Waals surface area contributed by atoms with Gasteiger partial charge in [-0.25, -0.2) is 0 Å². The first kappa shape index (κ1) is 6.89. The second-order valence-corrected chi connectivity index (χ2v) is 13.5. The Hall–Kier alpha value is -0.109. The van der Waals surface area contributed by atoms with Gasteiger partial charge in [-0.15, -0.1) is 0 Å². The molecule has 0 bridgehead atoms. The Morgan fingerprint density at radius 1 is 0.571 bits per heavy atom. The van der Waals surface area contributed by atoms with Gasteiger partial charge in [-0.3, -0.25) is 0 Å². The molecule has 0 N–H and O–H groups in total. The summed E-state index contributed by atoms with van der Waals surface area (Å²) in [5, 5.41) is 0. The third-order valence-corrected chi connectivity index (χ3v) is 0. The van der Waals surface area contributed by atoms with Gasteiger partial charge in [-0.05, 0) is 0 Å². The monoisotopic (exact) mass is 327 g/mol. The number of rotatable bonds is 0. The van der Waals surface area contributed by atoms with E-state index in [-0.39, 0.29) is 0 Å². The summed E-state index contributed by atoms with van der Waals surface area (Å²) in [7, 11) is 0. The van der Waals surface area contributed by atoms with Crippen molar-refractivity contribution >= 4 is 0 Å². The first-order chi connectivity index (χ1) is 2.45. The van der Waals surface area contributed by atoms with Crippen LogP contribution in [0.25, 0.3) is 0 Å². The summed E-state index contributed by atoms with van der Waals surface area (Å²) in [6, 6.07) is 0. The number of hydrogen-bond acceptors (Lipinski definition) is 6. The van der Waals surface area contributed by atoms with Crippen LogP contribution in [0.1, 0.15) is 0 Å². The Labute approximate surface area is 34.8 Å². The molecule has 0 radical (unpaired) electrons. The summed E-state index contributed by atoms with van der Waals surface area (Å²) in [5.74, 6) is 0. The quantitative estimate of drug-likeness (QED) is 0.582. The molecule has 0 aromatic carbocycles. The van der Waals surface area contributed by atoms with Gasteiger partial charge in [0, 0.05) is 0 Å². The molecule has 0 aliphatic carbocycles. The van der Waals surface area contributed by atoms with Crippen LogP contribution in [0.2, 0.25) is 0 Å². The Morgan fingerprint density at radius 2 is 0.571 bits per heavy atom. The molecule has 0 fully saturated rings. The van der Waals surface area contributed by atoms with E-state index < -0.39 is 22.2 Å². The summed E-state index contributed by atoms with van der Waals surface area (Å²) >= 11 is -9.98. The van der Waals surface area contributed by atoms with Crippen LogP contribution in [0.4, 0.5) is 0 Å². The van der Waals surface area contributed by atoms with E-state index in [1.54, 1.807) is 0 Å². The van der Waals surface area contributed by atoms with E-state index >= 15 is 0 Å². The van der Waals surface area contributed by atoms with Crippen molar-refractivity contribution in [3.05, 3.63) is 0 Å². The number of hydrogen-bond donors (Lipinski definition) is 0. The average molecular weight is 327 g/mol. The van der Waals surface area contributed by atoms with E-state index in [1.165, 1.54) is 0 Å². The van der Waals surface area contributed by atoms with Crippen molar-refractivity contribution in [3.63, 3.8) is 0 Å². The molecule has 0 unspecified atom stereocenters. The third-order valence-electron chi connectivity index (χ3n) is 0. The fraction of sp³-hybridized carbons (Fsp3) is 0. The Morgan fingerprint density at radius 3 is 0.571 bits per heavy atom. The Balaban J connectivity index is 8.86. The summed E-state index contributed by atoms with van der Waals surface area (Å²) in [5.41, 5.74) is 0. The van der Waals surface area contributed by atoms with Gasteiger partial charge in [0.05, 0.1) is 0 Å². The third kappa shape index (κ3) is 7490. The molecule has 0 aromatic heterocycles. The first-order valence-electron chi connectivity index (χ1n) is 1.41. The normalized spacial score (nSPS) is 22.3. The summed E-state index contributed by atoms with van der Waals surface area (Å²) in [6.45, 7) is 0. The van der Waals surface area contributed by atoms with Crippen molar-refractivity contribution in [2.24, 2.45) is 0 Å². The molecule has 0 atom stereocenters. The van der Waals surface area contributed by atoms with Gasteiger partial charge in [0.1, 0.15) is 0 Å². The average Bonchev–Trinajstić information content (AvgIpc) is 0.592. The van der Waals surface area contributed by atoms with E-state index in [9.17, 15) is 0 Å². The fourth-order valence-electron chi connectivity index (χ4n) is 0. The van der Waals surface area contributed by atoms with E-state index in [4.69, 9.17) is 12.6 Å². The van der Waals surface area contributed by atoms with Crippen LogP contribution in [-0.2, 0) is 12.6 Å². The molecule has 7 heteroatoms. The maximum absolute atomic E-state index is 9.98. The van der Waals surface area contributed by atoms with Crippen LogP contribution in [0.15, 0.2) is 0 Å². The molecule has 0 aliphatic heterocycles. The minimum absolute atomic E-state index is 8.70. The van der Waals surface area contributed by atoms with Crippen molar-refractivity contribution in [2.75, 3.05) is 0 Å². The van der Waals surface area contributed by atoms with Crippen LogP contribution in [-0.4, -0.2) is 0 Å². The Kier molecular flexibility index (Phi) is 0.626. The Bertz CT molecular complexity index is 432. The standard InChI is InChI=1S/6O.Pa. The molecule has 0 rings (SSSR count). The molecular weight excluding hydrogens is 327 g/mol. The van der Waals surface area contributed by atoms with E-state index in [1.807, 2.05) is 0 Å². The molecule has 0 aliphatic rings. The van der Waals surface area contributed by atoms with Crippen LogP contribution in [0.5, 0.6) is 0 Å². The van der Waals surface area contributed by atoms with Gasteiger partial charge in [0.15, 0.2) is 0 Å². The van der Waals surface area contributed by atoms with Gasteiger partial charge in [-0.1, -0.05) is 0 Å². The predicted octanol–water partition coefficient (Wildman–Crippen LogP) is -0.713.